The molecule has 21 heavy (non-hydrogen) atoms. The van der Waals surface area contributed by atoms with Crippen LogP contribution in [-0.2, 0) is 81.3 Å². The summed E-state index contributed by atoms with van der Waals surface area (Å²) >= 11 is 0.600. The van der Waals surface area contributed by atoms with E-state index in [2.05, 4.69) is 0 Å². The fourth-order valence-corrected chi connectivity index (χ4v) is 0. The molecule has 0 atom stereocenters. The van der Waals surface area contributed by atoms with E-state index in [1.54, 1.807) is 0 Å². The number of nitrogens with zero attached hydrogens (tertiary/aromatic N) is 4. The molecule has 0 heterocycles. The van der Waals surface area contributed by atoms with Gasteiger partial charge in [0.25, 0.3) is 0 Å². The van der Waals surface area contributed by atoms with E-state index in [0.717, 1.165) is 0 Å². The van der Waals surface area contributed by atoms with Crippen LogP contribution in [0.25, 0.3) is 0 Å². The Morgan fingerprint density at radius 3 is 0.429 bits per heavy atom. The van der Waals surface area contributed by atoms with E-state index in [9.17, 15) is 0 Å². The van der Waals surface area contributed by atoms with E-state index in [1.165, 1.54) is 0 Å². The van der Waals surface area contributed by atoms with Gasteiger partial charge in [-0.1, -0.05) is 0 Å². The van der Waals surface area contributed by atoms with Gasteiger partial charge < -0.3 is 61.3 Å². The van der Waals surface area contributed by atoms with Crippen LogP contribution in [0.4, 0.5) is 0 Å². The number of hydrogen-bond acceptors (Lipinski definition) is 14. The van der Waals surface area contributed by atoms with Crippen molar-refractivity contribution in [2.24, 2.45) is 0 Å². The molecular weight excluding hydrogens is 554 g/mol. The molecule has 0 saturated carbocycles. The maximum absolute atomic E-state index is 8.34. The average molecular weight is 554 g/mol. The largest absolute Gasteiger partial charge is 4.00 e. The van der Waals surface area contributed by atoms with Crippen LogP contribution >= 0.6 is 0 Å². The van der Waals surface area contributed by atoms with Crippen LogP contribution in [-0.4, -0.2) is 20.3 Å². The monoisotopic (exact) mass is 550 g/mol. The molecule has 0 amide bonds. The van der Waals surface area contributed by atoms with E-state index in [1.807, 2.05) is 0 Å². The van der Waals surface area contributed by atoms with Gasteiger partial charge in [0.1, 0.15) is 0 Å². The van der Waals surface area contributed by atoms with Gasteiger partial charge in [-0.05, 0) is 0 Å². The molecular formula is N4O14Zr3. The second-order valence-corrected chi connectivity index (χ2v) is 0.894. The second-order valence-electron chi connectivity index (χ2n) is 0.894. The van der Waals surface area contributed by atoms with Gasteiger partial charge in [-0.25, -0.2) is 0 Å². The van der Waals surface area contributed by atoms with Gasteiger partial charge in [-0.15, -0.1) is 0 Å². The molecule has 0 aromatic carbocycles. The third-order valence-corrected chi connectivity index (χ3v) is 0. The minimum atomic E-state index is -1.75. The molecule has 0 spiro atoms. The normalized spacial score (nSPS) is 4.86. The first-order valence-corrected chi connectivity index (χ1v) is 4.61. The first-order chi connectivity index (χ1) is 8.93. The molecule has 0 aliphatic carbocycles. The predicted octanol–water partition coefficient (Wildman–Crippen LogP) is -1.20. The fraction of sp³-hybridized carbons (Fsp3) is 0. The van der Waals surface area contributed by atoms with Crippen molar-refractivity contribution >= 4 is 0 Å². The number of hydrogen-bond donors (Lipinski definition) is 0. The van der Waals surface area contributed by atoms with Gasteiger partial charge in [0, 0.05) is 0 Å². The Kier molecular flexibility index (Phi) is 103. The van der Waals surface area contributed by atoms with Crippen LogP contribution in [0.3, 0.4) is 0 Å². The Labute approximate surface area is 161 Å². The third kappa shape index (κ3) is 6130. The zero-order valence-corrected chi connectivity index (χ0v) is 16.4. The summed E-state index contributed by atoms with van der Waals surface area (Å²) in [5.41, 5.74) is 0. The molecule has 0 radical (unpaired) electrons. The van der Waals surface area contributed by atoms with Crippen molar-refractivity contribution in [3.8, 4) is 0 Å². The van der Waals surface area contributed by atoms with Crippen molar-refractivity contribution in [2.45, 2.75) is 0 Å². The van der Waals surface area contributed by atoms with Crippen LogP contribution in [0.1, 0.15) is 0 Å². The summed E-state index contributed by atoms with van der Waals surface area (Å²) in [7, 11) is 0. The van der Waals surface area contributed by atoms with E-state index >= 15 is 0 Å². The number of rotatable bonds is 0. The summed E-state index contributed by atoms with van der Waals surface area (Å²) in [5, 5.41) is 59.0. The van der Waals surface area contributed by atoms with Gasteiger partial charge in [-0.2, -0.15) is 0 Å². The SMILES string of the molecule is O=[N+]([O-])[O-].O=[N+]([O-])[O-].O=[N+]([O-])[O-].O=[N+]([O-])[O-].[O]=[Zr].[O]=[Zr].[Zr+4]. The molecule has 0 aliphatic rings. The summed E-state index contributed by atoms with van der Waals surface area (Å²) in [4.78, 5) is 33.0. The molecule has 0 unspecified atom stereocenters. The summed E-state index contributed by atoms with van der Waals surface area (Å²) < 4.78 is 16.7. The molecule has 18 nitrogen and oxygen atoms in total. The minimum absolute atomic E-state index is 0. The maximum Gasteiger partial charge on any atom is 4.00 e. The van der Waals surface area contributed by atoms with Crippen molar-refractivity contribution in [1.29, 1.82) is 0 Å². The molecule has 0 N–H and O–H groups in total. The molecule has 116 valence electrons. The van der Waals surface area contributed by atoms with Crippen molar-refractivity contribution < 1.29 is 102 Å². The van der Waals surface area contributed by atoms with Gasteiger partial charge >= 0.3 is 81.3 Å². The standard InChI is InChI=1S/4NO3.2O.3Zr/c4*2-1(3)4;;;;;/q4*-1;;;;;+4. The zero-order chi connectivity index (χ0) is 18.3. The molecule has 0 rings (SSSR count). The van der Waals surface area contributed by atoms with E-state index < -0.39 is 20.3 Å². The van der Waals surface area contributed by atoms with Crippen molar-refractivity contribution in [3.63, 3.8) is 0 Å². The van der Waals surface area contributed by atoms with E-state index in [0.29, 0.717) is 49.4 Å². The molecule has 0 aliphatic heterocycles. The Morgan fingerprint density at radius 1 is 0.429 bits per heavy atom. The molecule has 0 bridgehead atoms. The summed E-state index contributed by atoms with van der Waals surface area (Å²) in [6.45, 7) is 0. The minimum Gasteiger partial charge on any atom is 4.00 e. The van der Waals surface area contributed by atoms with Crippen molar-refractivity contribution in [3.05, 3.63) is 61.3 Å². The van der Waals surface area contributed by atoms with Gasteiger partial charge in [0.05, 0.1) is 20.3 Å². The fourth-order valence-electron chi connectivity index (χ4n) is 0. The van der Waals surface area contributed by atoms with E-state index in [-0.39, 0.29) is 26.2 Å². The molecule has 0 aromatic heterocycles. The Hall–Kier alpha value is -0.951. The Balaban J connectivity index is -0.0000000227. The molecule has 0 saturated heterocycles. The van der Waals surface area contributed by atoms with E-state index in [4.69, 9.17) is 66.9 Å². The van der Waals surface area contributed by atoms with Gasteiger partial charge in [-0.3, -0.25) is 0 Å². The van der Waals surface area contributed by atoms with Gasteiger partial charge in [0.15, 0.2) is 0 Å². The van der Waals surface area contributed by atoms with Gasteiger partial charge in [0.2, 0.25) is 0 Å². The first-order valence-electron chi connectivity index (χ1n) is 2.60. The van der Waals surface area contributed by atoms with Crippen LogP contribution in [0, 0.1) is 61.3 Å². The van der Waals surface area contributed by atoms with Crippen LogP contribution in [0.15, 0.2) is 0 Å². The summed E-state index contributed by atoms with van der Waals surface area (Å²) in [6, 6.07) is 0. The van der Waals surface area contributed by atoms with Crippen LogP contribution in [0.2, 0.25) is 0 Å². The summed E-state index contributed by atoms with van der Waals surface area (Å²) in [5.74, 6) is 0. The van der Waals surface area contributed by atoms with Crippen LogP contribution < -0.4 is 0 Å². The first kappa shape index (κ1) is 42.7. The second kappa shape index (κ2) is 50.8. The zero-order valence-electron chi connectivity index (χ0n) is 9.00. The Bertz CT molecular complexity index is 189. The third-order valence-electron chi connectivity index (χ3n) is 0. The summed E-state index contributed by atoms with van der Waals surface area (Å²) in [6.07, 6.45) is 0. The maximum atomic E-state index is 8.34. The molecule has 0 aromatic rings. The Morgan fingerprint density at radius 2 is 0.429 bits per heavy atom. The molecule has 21 heteroatoms. The predicted molar refractivity (Wildman–Crippen MR) is 42.8 cm³/mol. The topological polar surface area (TPSA) is 299 Å². The van der Waals surface area contributed by atoms with Crippen molar-refractivity contribution in [1.82, 2.24) is 0 Å². The molecule has 0 fully saturated rings. The smallest absolute Gasteiger partial charge is 4.00 e. The van der Waals surface area contributed by atoms with Crippen LogP contribution in [0.5, 0.6) is 0 Å². The average Bonchev–Trinajstić information content (AvgIpc) is 2.19. The quantitative estimate of drug-likeness (QED) is 0.251. The van der Waals surface area contributed by atoms with Crippen molar-refractivity contribution in [2.75, 3.05) is 0 Å².